The number of aromatic nitrogens is 1. The largest absolute Gasteiger partial charge is 0.481 e. The molecule has 3 heterocycles. The van der Waals surface area contributed by atoms with E-state index in [2.05, 4.69) is 15.0 Å². The maximum Gasteiger partial charge on any atom is 0.305 e. The number of Topliss-reactive ketones (excluding diaryl/α,β-unsaturated/α-hetero) is 1. The van der Waals surface area contributed by atoms with E-state index in [1.165, 1.54) is 6.20 Å². The van der Waals surface area contributed by atoms with Gasteiger partial charge in [-0.25, -0.2) is 23.1 Å². The highest BCUT2D eigenvalue weighted by Crippen LogP contribution is 2.35. The topological polar surface area (TPSA) is 196 Å². The predicted octanol–water partition coefficient (Wildman–Crippen LogP) is 1.24. The van der Waals surface area contributed by atoms with Crippen LogP contribution in [0.3, 0.4) is 0 Å². The van der Waals surface area contributed by atoms with Gasteiger partial charge in [0.1, 0.15) is 18.1 Å². The van der Waals surface area contributed by atoms with Crippen LogP contribution in [-0.2, 0) is 29.2 Å². The van der Waals surface area contributed by atoms with Crippen LogP contribution in [0, 0.1) is 0 Å². The molecule has 1 aromatic heterocycles. The summed E-state index contributed by atoms with van der Waals surface area (Å²) in [6.07, 6.45) is 1.30. The molecule has 1 aromatic carbocycles. The van der Waals surface area contributed by atoms with Crippen LogP contribution in [0.25, 0.3) is 11.3 Å². The van der Waals surface area contributed by atoms with Gasteiger partial charge in [0.25, 0.3) is 11.8 Å². The fourth-order valence-corrected chi connectivity index (χ4v) is 6.00. The number of halogens is 2. The van der Waals surface area contributed by atoms with E-state index >= 15 is 0 Å². The number of carboxylic acid groups (broad SMARTS) is 1. The summed E-state index contributed by atoms with van der Waals surface area (Å²) in [5, 5.41) is 14.2. The molecule has 0 radical (unpaired) electrons. The quantitative estimate of drug-likeness (QED) is 0.339. The summed E-state index contributed by atoms with van der Waals surface area (Å²) in [4.78, 5) is 68.3. The second-order valence-corrected chi connectivity index (χ2v) is 12.1. The number of benzene rings is 1. The van der Waals surface area contributed by atoms with Gasteiger partial charge in [-0.05, 0) is 31.4 Å². The van der Waals surface area contributed by atoms with E-state index in [1.54, 1.807) is 18.2 Å². The van der Waals surface area contributed by atoms with Crippen molar-refractivity contribution in [3.8, 4) is 11.3 Å². The predicted molar refractivity (Wildman–Crippen MR) is 143 cm³/mol. The van der Waals surface area contributed by atoms with Gasteiger partial charge in [0.15, 0.2) is 5.76 Å². The summed E-state index contributed by atoms with van der Waals surface area (Å²) in [6, 6.07) is 0.395. The summed E-state index contributed by atoms with van der Waals surface area (Å²) in [5.74, 6) is -5.12. The SMILES string of the molecule is CS(=O)(=O)N[C@H]1CCC(=O)N2CCC[C@@H](C(=O)N[C@@H](CC(=O)O)C(=O)c3ncc(-c4c(Cl)cccc4Cl)o3)N2C1=O. The molecule has 2 aliphatic heterocycles. The van der Waals surface area contributed by atoms with Crippen LogP contribution in [0.4, 0.5) is 0 Å². The molecule has 2 saturated heterocycles. The Morgan fingerprint density at radius 3 is 2.51 bits per heavy atom. The molecule has 4 rings (SSSR count). The first-order valence-corrected chi connectivity index (χ1v) is 15.0. The molecule has 14 nitrogen and oxygen atoms in total. The number of carboxylic acids is 1. The Morgan fingerprint density at radius 1 is 1.20 bits per heavy atom. The van der Waals surface area contributed by atoms with Gasteiger partial charge in [0.05, 0.1) is 34.5 Å². The Hall–Kier alpha value is -3.53. The smallest absolute Gasteiger partial charge is 0.305 e. The Morgan fingerprint density at radius 2 is 1.88 bits per heavy atom. The summed E-state index contributed by atoms with van der Waals surface area (Å²) in [6.45, 7) is 0.112. The molecule has 0 unspecified atom stereocenters. The Bertz CT molecular complexity index is 1490. The van der Waals surface area contributed by atoms with Gasteiger partial charge in [-0.3, -0.25) is 29.0 Å². The molecule has 3 amide bonds. The molecular formula is C24H25Cl2N5O9S. The summed E-state index contributed by atoms with van der Waals surface area (Å²) >= 11 is 12.4. The van der Waals surface area contributed by atoms with Gasteiger partial charge in [0.2, 0.25) is 27.6 Å². The number of amides is 3. The number of oxazole rings is 1. The second-order valence-electron chi connectivity index (χ2n) is 9.49. The minimum Gasteiger partial charge on any atom is -0.481 e. The monoisotopic (exact) mass is 629 g/mol. The number of fused-ring (bicyclic) bond motifs is 1. The van der Waals surface area contributed by atoms with E-state index in [-0.39, 0.29) is 47.2 Å². The number of carbonyl (C=O) groups excluding carboxylic acids is 4. The summed E-state index contributed by atoms with van der Waals surface area (Å²) < 4.78 is 31.3. The zero-order valence-corrected chi connectivity index (χ0v) is 23.8. The van der Waals surface area contributed by atoms with E-state index in [4.69, 9.17) is 27.6 Å². The maximum atomic E-state index is 13.4. The van der Waals surface area contributed by atoms with E-state index in [0.29, 0.717) is 6.42 Å². The second kappa shape index (κ2) is 12.1. The van der Waals surface area contributed by atoms with Crippen molar-refractivity contribution in [1.29, 1.82) is 0 Å². The van der Waals surface area contributed by atoms with Crippen LogP contribution in [-0.4, -0.2) is 88.9 Å². The van der Waals surface area contributed by atoms with Crippen molar-refractivity contribution in [2.45, 2.75) is 50.2 Å². The average molecular weight is 630 g/mol. The average Bonchev–Trinajstić information content (AvgIpc) is 3.33. The van der Waals surface area contributed by atoms with Crippen molar-refractivity contribution in [2.24, 2.45) is 0 Å². The van der Waals surface area contributed by atoms with Gasteiger partial charge < -0.3 is 14.8 Å². The van der Waals surface area contributed by atoms with Crippen molar-refractivity contribution in [3.05, 3.63) is 40.3 Å². The van der Waals surface area contributed by atoms with Gasteiger partial charge in [0, 0.05) is 13.0 Å². The molecule has 3 N–H and O–H groups in total. The molecule has 2 fully saturated rings. The number of nitrogens with one attached hydrogen (secondary N) is 2. The Labute approximate surface area is 244 Å². The Balaban J connectivity index is 1.59. The number of sulfonamides is 1. The van der Waals surface area contributed by atoms with Crippen LogP contribution in [0.15, 0.2) is 28.8 Å². The fraction of sp³-hybridized carbons (Fsp3) is 0.417. The minimum absolute atomic E-state index is 0.0327. The number of carbonyl (C=O) groups is 5. The van der Waals surface area contributed by atoms with Crippen molar-refractivity contribution >= 4 is 62.7 Å². The molecule has 0 saturated carbocycles. The van der Waals surface area contributed by atoms with Gasteiger partial charge in [-0.2, -0.15) is 0 Å². The highest BCUT2D eigenvalue weighted by atomic mass is 35.5. The van der Waals surface area contributed by atoms with Gasteiger partial charge in [-0.1, -0.05) is 29.3 Å². The number of rotatable bonds is 9. The molecule has 0 aliphatic carbocycles. The van der Waals surface area contributed by atoms with Crippen LogP contribution >= 0.6 is 23.2 Å². The highest BCUT2D eigenvalue weighted by molar-refractivity contribution is 7.88. The molecule has 220 valence electrons. The third-order valence-corrected chi connectivity index (χ3v) is 7.80. The lowest BCUT2D eigenvalue weighted by Gasteiger charge is -2.43. The first-order chi connectivity index (χ1) is 19.3. The number of hydrogen-bond acceptors (Lipinski definition) is 9. The van der Waals surface area contributed by atoms with E-state index in [9.17, 15) is 37.5 Å². The lowest BCUT2D eigenvalue weighted by atomic mass is 10.0. The molecule has 41 heavy (non-hydrogen) atoms. The van der Waals surface area contributed by atoms with E-state index in [0.717, 1.165) is 16.3 Å². The number of hydrazine groups is 1. The van der Waals surface area contributed by atoms with Crippen molar-refractivity contribution in [3.63, 3.8) is 0 Å². The zero-order chi connectivity index (χ0) is 30.1. The number of nitrogens with zero attached hydrogens (tertiary/aromatic N) is 3. The van der Waals surface area contributed by atoms with Crippen molar-refractivity contribution in [1.82, 2.24) is 25.0 Å². The summed E-state index contributed by atoms with van der Waals surface area (Å²) in [5.41, 5.74) is 0.255. The van der Waals surface area contributed by atoms with Crippen molar-refractivity contribution < 1.29 is 41.9 Å². The minimum atomic E-state index is -3.84. The van der Waals surface area contributed by atoms with Crippen molar-refractivity contribution in [2.75, 3.05) is 12.8 Å². The molecule has 17 heteroatoms. The zero-order valence-electron chi connectivity index (χ0n) is 21.5. The standard InChI is InChI=1S/C24H25Cl2N5O9S/c1-41(38,39)29-14-7-8-18(32)30-9-3-6-16(31(30)24(14)37)22(36)28-15(10-19(33)34)21(35)23-27-11-17(40-23)20-12(25)4-2-5-13(20)26/h2,4-5,11,14-16,29H,3,6-10H2,1H3,(H,28,36)(H,33,34)/t14-,15-,16-/m0/s1. The summed E-state index contributed by atoms with van der Waals surface area (Å²) in [7, 11) is -3.84. The molecule has 3 atom stereocenters. The van der Waals surface area contributed by atoms with Crippen LogP contribution < -0.4 is 10.0 Å². The third kappa shape index (κ3) is 6.86. The number of aliphatic carboxylic acids is 1. The molecule has 2 aromatic rings. The fourth-order valence-electron chi connectivity index (χ4n) is 4.68. The third-order valence-electron chi connectivity index (χ3n) is 6.46. The first-order valence-electron chi connectivity index (χ1n) is 12.3. The maximum absolute atomic E-state index is 13.4. The normalized spacial score (nSPS) is 20.3. The van der Waals surface area contributed by atoms with Crippen LogP contribution in [0.2, 0.25) is 10.0 Å². The van der Waals surface area contributed by atoms with E-state index in [1.807, 2.05) is 0 Å². The van der Waals surface area contributed by atoms with E-state index < -0.39 is 69.9 Å². The van der Waals surface area contributed by atoms with Crippen LogP contribution in [0.1, 0.15) is 42.8 Å². The molecule has 0 spiro atoms. The highest BCUT2D eigenvalue weighted by Gasteiger charge is 2.45. The number of ketones is 1. The lowest BCUT2D eigenvalue weighted by Crippen LogP contribution is -2.64. The Kier molecular flexibility index (Phi) is 9.01. The first kappa shape index (κ1) is 30.4. The lowest BCUT2D eigenvalue weighted by molar-refractivity contribution is -0.176. The van der Waals surface area contributed by atoms with Gasteiger partial charge >= 0.3 is 5.97 Å². The molecular weight excluding hydrogens is 605 g/mol. The van der Waals surface area contributed by atoms with Crippen LogP contribution in [0.5, 0.6) is 0 Å². The molecule has 2 aliphatic rings. The number of hydrogen-bond donors (Lipinski definition) is 3. The van der Waals surface area contributed by atoms with Gasteiger partial charge in [-0.15, -0.1) is 0 Å². The molecule has 0 bridgehead atoms.